The fraction of sp³-hybridized carbons (Fsp3) is 0.133. The molecule has 21 heavy (non-hydrogen) atoms. The number of hydrogen-bond donors (Lipinski definition) is 0. The maximum absolute atomic E-state index is 14.1. The number of halogens is 3. The minimum Gasteiger partial charge on any atom is -0.493 e. The van der Waals surface area contributed by atoms with E-state index in [9.17, 15) is 9.18 Å². The lowest BCUT2D eigenvalue weighted by Crippen LogP contribution is -2.06. The summed E-state index contributed by atoms with van der Waals surface area (Å²) in [6.07, 6.45) is 0. The summed E-state index contributed by atoms with van der Waals surface area (Å²) in [6, 6.07) is 7.54. The van der Waals surface area contributed by atoms with Gasteiger partial charge in [0.1, 0.15) is 5.82 Å². The van der Waals surface area contributed by atoms with Crippen LogP contribution in [0.3, 0.4) is 0 Å². The number of carbonyl (C=O) groups is 1. The number of carbonyl (C=O) groups excluding carboxylic acids is 1. The number of rotatable bonds is 4. The minimum atomic E-state index is -0.660. The van der Waals surface area contributed by atoms with Gasteiger partial charge >= 0.3 is 0 Å². The number of methoxy groups -OCH3 is 2. The molecule has 0 heterocycles. The Bertz CT molecular complexity index is 702. The molecule has 0 spiro atoms. The molecule has 0 aliphatic heterocycles. The number of ether oxygens (including phenoxy) is 2. The summed E-state index contributed by atoms with van der Waals surface area (Å²) in [6.45, 7) is 0. The first-order valence-corrected chi connectivity index (χ1v) is 7.47. The van der Waals surface area contributed by atoms with E-state index in [-0.39, 0.29) is 11.3 Å². The largest absolute Gasteiger partial charge is 0.493 e. The first-order valence-electron chi connectivity index (χ1n) is 5.89. The number of benzene rings is 2. The van der Waals surface area contributed by atoms with E-state index >= 15 is 0 Å². The van der Waals surface area contributed by atoms with Crippen LogP contribution in [0.25, 0.3) is 0 Å². The van der Waals surface area contributed by atoms with Crippen molar-refractivity contribution < 1.29 is 18.7 Å². The molecule has 0 amide bonds. The second-order valence-corrected chi connectivity index (χ2v) is 5.91. The molecule has 0 aromatic heterocycles. The Morgan fingerprint density at radius 3 is 2.19 bits per heavy atom. The van der Waals surface area contributed by atoms with Crippen LogP contribution in [-0.2, 0) is 0 Å². The Morgan fingerprint density at radius 1 is 1.00 bits per heavy atom. The van der Waals surface area contributed by atoms with E-state index in [1.54, 1.807) is 18.2 Å². The highest BCUT2D eigenvalue weighted by Gasteiger charge is 2.20. The molecule has 0 bridgehead atoms. The van der Waals surface area contributed by atoms with E-state index in [1.165, 1.54) is 20.3 Å². The lowest BCUT2D eigenvalue weighted by molar-refractivity contribution is 0.103. The molecule has 0 atom stereocenters. The molecule has 0 fully saturated rings. The normalized spacial score (nSPS) is 10.3. The smallest absolute Gasteiger partial charge is 0.197 e. The standard InChI is InChI=1S/C15H11Br2FO3/c1-20-13-6-10(12(18)7-14(13)21-2)15(19)9-4-3-8(16)5-11(9)17/h3-7H,1-2H3. The van der Waals surface area contributed by atoms with Crippen LogP contribution in [0, 0.1) is 5.82 Å². The molecule has 2 aromatic carbocycles. The Kier molecular flexibility index (Phi) is 5.00. The number of hydrogen-bond acceptors (Lipinski definition) is 3. The van der Waals surface area contributed by atoms with Gasteiger partial charge in [0.25, 0.3) is 0 Å². The lowest BCUT2D eigenvalue weighted by atomic mass is 10.0. The summed E-state index contributed by atoms with van der Waals surface area (Å²) >= 11 is 6.61. The summed E-state index contributed by atoms with van der Waals surface area (Å²) in [5.74, 6) is -0.558. The van der Waals surface area contributed by atoms with Crippen LogP contribution in [0.1, 0.15) is 15.9 Å². The highest BCUT2D eigenvalue weighted by atomic mass is 79.9. The van der Waals surface area contributed by atoms with Gasteiger partial charge < -0.3 is 9.47 Å². The van der Waals surface area contributed by atoms with E-state index in [0.717, 1.165) is 10.5 Å². The van der Waals surface area contributed by atoms with Crippen molar-refractivity contribution in [1.29, 1.82) is 0 Å². The maximum atomic E-state index is 14.1. The minimum absolute atomic E-state index is 0.0735. The fourth-order valence-corrected chi connectivity index (χ4v) is 3.07. The van der Waals surface area contributed by atoms with Crippen molar-refractivity contribution in [2.45, 2.75) is 0 Å². The quantitative estimate of drug-likeness (QED) is 0.682. The Morgan fingerprint density at radius 2 is 1.62 bits per heavy atom. The van der Waals surface area contributed by atoms with Crippen molar-refractivity contribution in [2.75, 3.05) is 14.2 Å². The van der Waals surface area contributed by atoms with Gasteiger partial charge in [-0.1, -0.05) is 15.9 Å². The highest BCUT2D eigenvalue weighted by molar-refractivity contribution is 9.11. The lowest BCUT2D eigenvalue weighted by Gasteiger charge is -2.11. The van der Waals surface area contributed by atoms with Crippen LogP contribution in [0.5, 0.6) is 11.5 Å². The third-order valence-electron chi connectivity index (χ3n) is 2.89. The molecule has 0 saturated heterocycles. The van der Waals surface area contributed by atoms with Gasteiger partial charge in [-0.3, -0.25) is 4.79 Å². The molecular weight excluding hydrogens is 407 g/mol. The van der Waals surface area contributed by atoms with E-state index in [2.05, 4.69) is 31.9 Å². The Labute approximate surface area is 138 Å². The van der Waals surface area contributed by atoms with Gasteiger partial charge in [0.2, 0.25) is 0 Å². The summed E-state index contributed by atoms with van der Waals surface area (Å²) in [7, 11) is 2.84. The van der Waals surface area contributed by atoms with Crippen LogP contribution >= 0.6 is 31.9 Å². The molecule has 6 heteroatoms. The third kappa shape index (κ3) is 3.27. The van der Waals surface area contributed by atoms with Gasteiger partial charge in [0.05, 0.1) is 19.8 Å². The van der Waals surface area contributed by atoms with Gasteiger partial charge in [-0.15, -0.1) is 0 Å². The first kappa shape index (κ1) is 16.0. The third-order valence-corrected chi connectivity index (χ3v) is 4.04. The van der Waals surface area contributed by atoms with Crippen molar-refractivity contribution in [3.8, 4) is 11.5 Å². The molecule has 2 aromatic rings. The van der Waals surface area contributed by atoms with Crippen molar-refractivity contribution in [3.05, 3.63) is 56.2 Å². The van der Waals surface area contributed by atoms with Crippen LogP contribution in [0.2, 0.25) is 0 Å². The molecule has 0 aliphatic carbocycles. The molecular formula is C15H11Br2FO3. The van der Waals surface area contributed by atoms with Crippen molar-refractivity contribution in [2.24, 2.45) is 0 Å². The predicted octanol–water partition coefficient (Wildman–Crippen LogP) is 4.60. The molecule has 110 valence electrons. The Hall–Kier alpha value is -1.40. The van der Waals surface area contributed by atoms with Gasteiger partial charge in [-0.2, -0.15) is 0 Å². The molecule has 0 unspecified atom stereocenters. The zero-order valence-electron chi connectivity index (χ0n) is 11.2. The van der Waals surface area contributed by atoms with Crippen LogP contribution < -0.4 is 9.47 Å². The zero-order valence-corrected chi connectivity index (χ0v) is 14.4. The van der Waals surface area contributed by atoms with Gasteiger partial charge in [0.15, 0.2) is 17.3 Å². The van der Waals surface area contributed by atoms with Gasteiger partial charge in [0, 0.05) is 20.6 Å². The molecule has 2 rings (SSSR count). The average Bonchev–Trinajstić information content (AvgIpc) is 2.46. The van der Waals surface area contributed by atoms with E-state index in [4.69, 9.17) is 9.47 Å². The van der Waals surface area contributed by atoms with Gasteiger partial charge in [-0.05, 0) is 40.2 Å². The first-order chi connectivity index (χ1) is 9.97. The zero-order chi connectivity index (χ0) is 15.6. The summed E-state index contributed by atoms with van der Waals surface area (Å²) < 4.78 is 25.6. The van der Waals surface area contributed by atoms with E-state index in [1.807, 2.05) is 0 Å². The van der Waals surface area contributed by atoms with E-state index < -0.39 is 11.6 Å². The predicted molar refractivity (Wildman–Crippen MR) is 84.8 cm³/mol. The molecule has 0 N–H and O–H groups in total. The summed E-state index contributed by atoms with van der Waals surface area (Å²) in [5, 5.41) is 0. The molecule has 0 aliphatic rings. The van der Waals surface area contributed by atoms with Crippen LogP contribution in [0.15, 0.2) is 39.3 Å². The van der Waals surface area contributed by atoms with Crippen molar-refractivity contribution >= 4 is 37.6 Å². The second kappa shape index (κ2) is 6.58. The topological polar surface area (TPSA) is 35.5 Å². The molecule has 0 saturated carbocycles. The van der Waals surface area contributed by atoms with Crippen LogP contribution in [-0.4, -0.2) is 20.0 Å². The average molecular weight is 418 g/mol. The van der Waals surface area contributed by atoms with Crippen molar-refractivity contribution in [3.63, 3.8) is 0 Å². The number of ketones is 1. The Balaban J connectivity index is 2.53. The van der Waals surface area contributed by atoms with Crippen molar-refractivity contribution in [1.82, 2.24) is 0 Å². The highest BCUT2D eigenvalue weighted by Crippen LogP contribution is 2.32. The fourth-order valence-electron chi connectivity index (χ4n) is 1.85. The SMILES string of the molecule is COc1cc(F)c(C(=O)c2ccc(Br)cc2Br)cc1OC. The van der Waals surface area contributed by atoms with Gasteiger partial charge in [-0.25, -0.2) is 4.39 Å². The van der Waals surface area contributed by atoms with E-state index in [0.29, 0.717) is 15.8 Å². The maximum Gasteiger partial charge on any atom is 0.197 e. The monoisotopic (exact) mass is 416 g/mol. The summed E-state index contributed by atoms with van der Waals surface area (Å²) in [5.41, 5.74) is 0.292. The summed E-state index contributed by atoms with van der Waals surface area (Å²) in [4.78, 5) is 12.5. The second-order valence-electron chi connectivity index (χ2n) is 4.14. The molecule has 3 nitrogen and oxygen atoms in total. The van der Waals surface area contributed by atoms with Crippen LogP contribution in [0.4, 0.5) is 4.39 Å². The molecule has 0 radical (unpaired) electrons.